The first-order chi connectivity index (χ1) is 16.9. The highest BCUT2D eigenvalue weighted by Crippen LogP contribution is 2.35. The highest BCUT2D eigenvalue weighted by atomic mass is 16.9. The van der Waals surface area contributed by atoms with Crippen LogP contribution in [0, 0.1) is 10.1 Å². The molecule has 0 spiro atoms. The molecular weight excluding hydrogens is 458 g/mol. The van der Waals surface area contributed by atoms with E-state index in [4.69, 9.17) is 19.1 Å². The van der Waals surface area contributed by atoms with Gasteiger partial charge in [0.15, 0.2) is 11.5 Å². The molecule has 0 aliphatic carbocycles. The summed E-state index contributed by atoms with van der Waals surface area (Å²) in [7, 11) is 2.81. The summed E-state index contributed by atoms with van der Waals surface area (Å²) in [4.78, 5) is 21.7. The molecule has 2 aromatic carbocycles. The predicted octanol–water partition coefficient (Wildman–Crippen LogP) is 3.61. The van der Waals surface area contributed by atoms with E-state index in [1.807, 2.05) is 0 Å². The number of rotatable bonds is 15. The van der Waals surface area contributed by atoms with Gasteiger partial charge in [-0.05, 0) is 41.8 Å². The van der Waals surface area contributed by atoms with Crippen molar-refractivity contribution in [1.82, 2.24) is 10.7 Å². The summed E-state index contributed by atoms with van der Waals surface area (Å²) in [5, 5.41) is 31.9. The fourth-order valence-electron chi connectivity index (χ4n) is 3.12. The number of ether oxygens (including phenoxy) is 2. The van der Waals surface area contributed by atoms with Crippen molar-refractivity contribution in [3.63, 3.8) is 0 Å². The Morgan fingerprint density at radius 2 is 1.91 bits per heavy atom. The molecule has 0 radical (unpaired) electrons. The van der Waals surface area contributed by atoms with Gasteiger partial charge in [-0.1, -0.05) is 36.6 Å². The Balaban J connectivity index is 2.06. The number of aliphatic hydroxyl groups excluding tert-OH is 1. The number of nitro groups is 1. The summed E-state index contributed by atoms with van der Waals surface area (Å²) in [6, 6.07) is 8.05. The van der Waals surface area contributed by atoms with Gasteiger partial charge in [0.05, 0.1) is 32.4 Å². The van der Waals surface area contributed by atoms with Crippen molar-refractivity contribution in [2.75, 3.05) is 20.8 Å². The van der Waals surface area contributed by atoms with Gasteiger partial charge in [0, 0.05) is 18.2 Å². The Morgan fingerprint density at radius 3 is 2.51 bits per heavy atom. The molecule has 0 fully saturated rings. The van der Waals surface area contributed by atoms with Crippen LogP contribution in [0.4, 0.5) is 5.69 Å². The van der Waals surface area contributed by atoms with Crippen molar-refractivity contribution in [3.8, 4) is 17.2 Å². The average Bonchev–Trinajstić information content (AvgIpc) is 2.86. The number of methoxy groups -OCH3 is 2. The summed E-state index contributed by atoms with van der Waals surface area (Å²) in [6.45, 7) is 7.18. The van der Waals surface area contributed by atoms with Crippen LogP contribution >= 0.6 is 0 Å². The molecule has 0 bridgehead atoms. The van der Waals surface area contributed by atoms with E-state index in [1.54, 1.807) is 24.3 Å². The third-order valence-corrected chi connectivity index (χ3v) is 4.88. The second kappa shape index (κ2) is 13.7. The van der Waals surface area contributed by atoms with Crippen LogP contribution in [-0.4, -0.2) is 41.2 Å². The largest absolute Gasteiger partial charge is 0.493 e. The molecule has 0 saturated heterocycles. The SMILES string of the molecule is C=C/C=C(\C=C)N(O)Oc1c(OC)ccc(CONCCc2ccc(OC)c([N+](=O)[O-])c2)c1CO. The van der Waals surface area contributed by atoms with Crippen LogP contribution in [0.1, 0.15) is 16.7 Å². The molecule has 0 unspecified atom stereocenters. The number of nitrogens with zero attached hydrogens (tertiary/aromatic N) is 2. The molecule has 0 saturated carbocycles. The van der Waals surface area contributed by atoms with E-state index in [9.17, 15) is 20.4 Å². The monoisotopic (exact) mass is 487 g/mol. The minimum Gasteiger partial charge on any atom is -0.493 e. The second-order valence-electron chi connectivity index (χ2n) is 6.98. The number of benzene rings is 2. The minimum absolute atomic E-state index is 0.0568. The third-order valence-electron chi connectivity index (χ3n) is 4.88. The van der Waals surface area contributed by atoms with Gasteiger partial charge in [-0.15, -0.1) is 0 Å². The van der Waals surface area contributed by atoms with Crippen molar-refractivity contribution in [2.45, 2.75) is 19.6 Å². The van der Waals surface area contributed by atoms with E-state index in [0.29, 0.717) is 29.3 Å². The van der Waals surface area contributed by atoms with Crippen LogP contribution in [-0.2, 0) is 24.5 Å². The number of aliphatic hydroxyl groups is 1. The molecular formula is C24H29N3O8. The van der Waals surface area contributed by atoms with Crippen LogP contribution in [0.3, 0.4) is 0 Å². The predicted molar refractivity (Wildman–Crippen MR) is 128 cm³/mol. The van der Waals surface area contributed by atoms with Gasteiger partial charge in [-0.25, -0.2) is 5.48 Å². The Hall–Kier alpha value is -3.90. The highest BCUT2D eigenvalue weighted by Gasteiger charge is 2.19. The molecule has 0 atom stereocenters. The molecule has 11 heteroatoms. The van der Waals surface area contributed by atoms with E-state index in [0.717, 1.165) is 5.56 Å². The molecule has 2 rings (SSSR count). The van der Waals surface area contributed by atoms with Gasteiger partial charge in [-0.3, -0.25) is 20.2 Å². The molecule has 0 aliphatic heterocycles. The summed E-state index contributed by atoms with van der Waals surface area (Å²) in [5.74, 6) is 0.576. The lowest BCUT2D eigenvalue weighted by Gasteiger charge is -2.22. The molecule has 3 N–H and O–H groups in total. The van der Waals surface area contributed by atoms with Crippen molar-refractivity contribution in [2.24, 2.45) is 0 Å². The van der Waals surface area contributed by atoms with E-state index in [2.05, 4.69) is 18.6 Å². The average molecular weight is 488 g/mol. The smallest absolute Gasteiger partial charge is 0.311 e. The number of hydrogen-bond acceptors (Lipinski definition) is 10. The van der Waals surface area contributed by atoms with Gasteiger partial charge < -0.3 is 19.4 Å². The number of nitro benzene ring substituents is 1. The zero-order valence-corrected chi connectivity index (χ0v) is 19.6. The van der Waals surface area contributed by atoms with Crippen LogP contribution in [0.25, 0.3) is 0 Å². The molecule has 0 amide bonds. The first-order valence-electron chi connectivity index (χ1n) is 10.5. The molecule has 11 nitrogen and oxygen atoms in total. The lowest BCUT2D eigenvalue weighted by atomic mass is 10.1. The standard InChI is InChI=1S/C24H29N3O8/c1-5-7-19(6-2)27(31)35-24-20(15-28)18(9-11-23(24)33-4)16-34-25-13-12-17-8-10-22(32-3)21(14-17)26(29)30/h5-11,14,25,28,31H,1-2,12-13,15-16H2,3-4H3/b19-7+. The maximum Gasteiger partial charge on any atom is 0.311 e. The highest BCUT2D eigenvalue weighted by molar-refractivity contribution is 5.50. The maximum absolute atomic E-state index is 11.2. The van der Waals surface area contributed by atoms with Crippen LogP contribution in [0.2, 0.25) is 0 Å². The van der Waals surface area contributed by atoms with Crippen molar-refractivity contribution >= 4 is 5.69 Å². The summed E-state index contributed by atoms with van der Waals surface area (Å²) in [6.07, 6.45) is 4.76. The van der Waals surface area contributed by atoms with E-state index in [-0.39, 0.29) is 35.2 Å². The number of hydrogen-bond donors (Lipinski definition) is 3. The van der Waals surface area contributed by atoms with Crippen molar-refractivity contribution in [1.29, 1.82) is 0 Å². The van der Waals surface area contributed by atoms with Crippen LogP contribution < -0.4 is 19.8 Å². The summed E-state index contributed by atoms with van der Waals surface area (Å²) < 4.78 is 10.3. The van der Waals surface area contributed by atoms with Gasteiger partial charge in [0.25, 0.3) is 0 Å². The number of allylic oxidation sites excluding steroid dienone is 3. The first-order valence-corrected chi connectivity index (χ1v) is 10.5. The van der Waals surface area contributed by atoms with Gasteiger partial charge in [0.1, 0.15) is 5.70 Å². The zero-order chi connectivity index (χ0) is 25.8. The Bertz CT molecular complexity index is 1070. The fraction of sp³-hybridized carbons (Fsp3) is 0.250. The minimum atomic E-state index is -0.495. The zero-order valence-electron chi connectivity index (χ0n) is 19.6. The number of nitrogens with one attached hydrogen (secondary N) is 1. The van der Waals surface area contributed by atoms with Crippen molar-refractivity contribution in [3.05, 3.63) is 94.2 Å². The topological polar surface area (TPSA) is 136 Å². The number of hydroxylamine groups is 3. The quantitative estimate of drug-likeness (QED) is 0.148. The molecule has 188 valence electrons. The third kappa shape index (κ3) is 7.29. The van der Waals surface area contributed by atoms with E-state index in [1.165, 1.54) is 38.5 Å². The van der Waals surface area contributed by atoms with Crippen LogP contribution in [0.5, 0.6) is 17.2 Å². The van der Waals surface area contributed by atoms with Crippen molar-refractivity contribution < 1.29 is 34.4 Å². The molecule has 0 heterocycles. The van der Waals surface area contributed by atoms with Crippen LogP contribution in [0.15, 0.2) is 67.4 Å². The van der Waals surface area contributed by atoms with Gasteiger partial charge >= 0.3 is 5.69 Å². The summed E-state index contributed by atoms with van der Waals surface area (Å²) >= 11 is 0. The summed E-state index contributed by atoms with van der Waals surface area (Å²) in [5.41, 5.74) is 4.57. The maximum atomic E-state index is 11.2. The lowest BCUT2D eigenvalue weighted by Crippen LogP contribution is -2.23. The molecule has 0 aromatic heterocycles. The van der Waals surface area contributed by atoms with Gasteiger partial charge in [0.2, 0.25) is 5.75 Å². The normalized spacial score (nSPS) is 11.0. The fourth-order valence-corrected chi connectivity index (χ4v) is 3.12. The molecule has 2 aromatic rings. The molecule has 35 heavy (non-hydrogen) atoms. The first kappa shape index (κ1) is 27.3. The molecule has 0 aliphatic rings. The Kier molecular flexibility index (Phi) is 10.7. The second-order valence-corrected chi connectivity index (χ2v) is 6.98. The van der Waals surface area contributed by atoms with E-state index < -0.39 is 11.5 Å². The lowest BCUT2D eigenvalue weighted by molar-refractivity contribution is -0.385. The van der Waals surface area contributed by atoms with Gasteiger partial charge in [-0.2, -0.15) is 0 Å². The Labute approximate surface area is 203 Å². The Morgan fingerprint density at radius 1 is 1.20 bits per heavy atom. The van der Waals surface area contributed by atoms with E-state index >= 15 is 0 Å².